The lowest BCUT2D eigenvalue weighted by Crippen LogP contribution is -2.52. The molecule has 0 saturated heterocycles. The molecule has 0 aliphatic rings. The SMILES string of the molecule is CCOc1ccc(C(=O)NC(C)(CN)CC(C)C)cc1.Cl. The molecule has 0 radical (unpaired) electrons. The molecule has 1 atom stereocenters. The molecule has 3 N–H and O–H groups in total. The molecular weight excluding hydrogens is 288 g/mol. The number of nitrogens with one attached hydrogen (secondary N) is 1. The van der Waals surface area contributed by atoms with Crippen LogP contribution in [0.2, 0.25) is 0 Å². The molecule has 1 aromatic rings. The van der Waals surface area contributed by atoms with E-state index in [1.165, 1.54) is 0 Å². The highest BCUT2D eigenvalue weighted by Crippen LogP contribution is 2.17. The first-order chi connectivity index (χ1) is 9.40. The predicted molar refractivity (Wildman–Crippen MR) is 89.2 cm³/mol. The van der Waals surface area contributed by atoms with Gasteiger partial charge in [-0.3, -0.25) is 4.79 Å². The molecule has 0 spiro atoms. The molecule has 21 heavy (non-hydrogen) atoms. The smallest absolute Gasteiger partial charge is 0.251 e. The van der Waals surface area contributed by atoms with Gasteiger partial charge in [-0.2, -0.15) is 0 Å². The molecule has 120 valence electrons. The van der Waals surface area contributed by atoms with Crippen molar-refractivity contribution in [2.75, 3.05) is 13.2 Å². The van der Waals surface area contributed by atoms with Crippen LogP contribution >= 0.6 is 12.4 Å². The summed E-state index contributed by atoms with van der Waals surface area (Å²) in [5.41, 5.74) is 6.06. The molecule has 0 bridgehead atoms. The molecule has 0 saturated carbocycles. The average Bonchev–Trinajstić information content (AvgIpc) is 2.39. The van der Waals surface area contributed by atoms with Crippen molar-refractivity contribution in [1.29, 1.82) is 0 Å². The fraction of sp³-hybridized carbons (Fsp3) is 0.562. The van der Waals surface area contributed by atoms with Crippen LogP contribution in [0.25, 0.3) is 0 Å². The van der Waals surface area contributed by atoms with Crippen molar-refractivity contribution in [1.82, 2.24) is 5.32 Å². The van der Waals surface area contributed by atoms with E-state index >= 15 is 0 Å². The summed E-state index contributed by atoms with van der Waals surface area (Å²) < 4.78 is 5.36. The summed E-state index contributed by atoms with van der Waals surface area (Å²) in [6.45, 7) is 9.20. The Morgan fingerprint density at radius 2 is 1.90 bits per heavy atom. The van der Waals surface area contributed by atoms with Crippen LogP contribution in [0.3, 0.4) is 0 Å². The normalized spacial score (nSPS) is 13.2. The Hall–Kier alpha value is -1.26. The molecule has 4 nitrogen and oxygen atoms in total. The summed E-state index contributed by atoms with van der Waals surface area (Å²) in [7, 11) is 0. The minimum atomic E-state index is -0.371. The zero-order valence-corrected chi connectivity index (χ0v) is 14.1. The van der Waals surface area contributed by atoms with Crippen LogP contribution in [-0.2, 0) is 0 Å². The zero-order valence-electron chi connectivity index (χ0n) is 13.3. The zero-order chi connectivity index (χ0) is 15.2. The molecule has 0 aliphatic heterocycles. The molecule has 0 aliphatic carbocycles. The van der Waals surface area contributed by atoms with Gasteiger partial charge >= 0.3 is 0 Å². The van der Waals surface area contributed by atoms with Crippen molar-refractivity contribution in [2.45, 2.75) is 39.7 Å². The van der Waals surface area contributed by atoms with E-state index in [1.54, 1.807) is 24.3 Å². The largest absolute Gasteiger partial charge is 0.494 e. The molecule has 1 rings (SSSR count). The van der Waals surface area contributed by atoms with Crippen LogP contribution in [0.5, 0.6) is 5.75 Å². The van der Waals surface area contributed by atoms with E-state index in [0.29, 0.717) is 24.6 Å². The Kier molecular flexibility index (Phi) is 8.37. The first kappa shape index (κ1) is 19.7. The summed E-state index contributed by atoms with van der Waals surface area (Å²) in [5.74, 6) is 1.15. The monoisotopic (exact) mass is 314 g/mol. The Morgan fingerprint density at radius 3 is 2.33 bits per heavy atom. The standard InChI is InChI=1S/C16H26N2O2.ClH/c1-5-20-14-8-6-13(7-9-14)15(19)18-16(4,11-17)10-12(2)3;/h6-9,12H,5,10-11,17H2,1-4H3,(H,18,19);1H. The average molecular weight is 315 g/mol. The summed E-state index contributed by atoms with van der Waals surface area (Å²) >= 11 is 0. The minimum absolute atomic E-state index is 0. The second-order valence-corrected chi connectivity index (χ2v) is 5.77. The molecule has 0 fully saturated rings. The number of carbonyl (C=O) groups excluding carboxylic acids is 1. The lowest BCUT2D eigenvalue weighted by atomic mass is 9.90. The highest BCUT2D eigenvalue weighted by molar-refractivity contribution is 5.94. The minimum Gasteiger partial charge on any atom is -0.494 e. The van der Waals surface area contributed by atoms with Crippen molar-refractivity contribution in [3.8, 4) is 5.75 Å². The van der Waals surface area contributed by atoms with Crippen LogP contribution in [0.15, 0.2) is 24.3 Å². The van der Waals surface area contributed by atoms with Crippen LogP contribution in [-0.4, -0.2) is 24.6 Å². The third-order valence-electron chi connectivity index (χ3n) is 3.15. The molecule has 5 heteroatoms. The summed E-state index contributed by atoms with van der Waals surface area (Å²) in [6.07, 6.45) is 0.853. The Morgan fingerprint density at radius 1 is 1.33 bits per heavy atom. The quantitative estimate of drug-likeness (QED) is 0.813. The molecule has 0 aromatic heterocycles. The maximum absolute atomic E-state index is 12.3. The number of nitrogens with two attached hydrogens (primary N) is 1. The van der Waals surface area contributed by atoms with Crippen LogP contribution in [0.4, 0.5) is 0 Å². The van der Waals surface area contributed by atoms with Crippen molar-refractivity contribution < 1.29 is 9.53 Å². The third kappa shape index (κ3) is 6.36. The first-order valence-corrected chi connectivity index (χ1v) is 7.15. The van der Waals surface area contributed by atoms with Gasteiger partial charge in [-0.15, -0.1) is 12.4 Å². The van der Waals surface area contributed by atoms with Crippen LogP contribution < -0.4 is 15.8 Å². The third-order valence-corrected chi connectivity index (χ3v) is 3.15. The summed E-state index contributed by atoms with van der Waals surface area (Å²) in [4.78, 5) is 12.3. The topological polar surface area (TPSA) is 64.3 Å². The van der Waals surface area contributed by atoms with Gasteiger partial charge in [0.05, 0.1) is 6.61 Å². The highest BCUT2D eigenvalue weighted by atomic mass is 35.5. The lowest BCUT2D eigenvalue weighted by molar-refractivity contribution is 0.0898. The molecule has 1 aromatic carbocycles. The van der Waals surface area contributed by atoms with Gasteiger partial charge in [0, 0.05) is 17.6 Å². The van der Waals surface area contributed by atoms with Gasteiger partial charge in [-0.1, -0.05) is 13.8 Å². The number of ether oxygens (including phenoxy) is 1. The summed E-state index contributed by atoms with van der Waals surface area (Å²) in [6, 6.07) is 7.15. The number of halogens is 1. The van der Waals surface area contributed by atoms with Crippen molar-refractivity contribution in [2.24, 2.45) is 11.7 Å². The number of hydrogen-bond acceptors (Lipinski definition) is 3. The molecule has 0 heterocycles. The van der Waals surface area contributed by atoms with E-state index in [4.69, 9.17) is 10.5 Å². The fourth-order valence-corrected chi connectivity index (χ4v) is 2.30. The van der Waals surface area contributed by atoms with E-state index in [-0.39, 0.29) is 23.9 Å². The fourth-order valence-electron chi connectivity index (χ4n) is 2.30. The maximum atomic E-state index is 12.3. The molecular formula is C16H27ClN2O2. The number of hydrogen-bond donors (Lipinski definition) is 2. The van der Waals surface area contributed by atoms with Gasteiger partial charge in [0.2, 0.25) is 0 Å². The maximum Gasteiger partial charge on any atom is 0.251 e. The summed E-state index contributed by atoms with van der Waals surface area (Å²) in [5, 5.41) is 3.04. The van der Waals surface area contributed by atoms with Gasteiger partial charge in [0.15, 0.2) is 0 Å². The predicted octanol–water partition coefficient (Wildman–Crippen LogP) is 3.00. The van der Waals surface area contributed by atoms with Crippen LogP contribution in [0, 0.1) is 5.92 Å². The van der Waals surface area contributed by atoms with Crippen molar-refractivity contribution in [3.63, 3.8) is 0 Å². The number of amides is 1. The number of carbonyl (C=O) groups is 1. The van der Waals surface area contributed by atoms with Gasteiger partial charge in [0.25, 0.3) is 5.91 Å². The van der Waals surface area contributed by atoms with E-state index in [0.717, 1.165) is 12.2 Å². The van der Waals surface area contributed by atoms with Crippen LogP contribution in [0.1, 0.15) is 44.5 Å². The Bertz CT molecular complexity index is 434. The Labute approximate surface area is 133 Å². The number of rotatable bonds is 7. The van der Waals surface area contributed by atoms with Gasteiger partial charge < -0.3 is 15.8 Å². The lowest BCUT2D eigenvalue weighted by Gasteiger charge is -2.31. The van der Waals surface area contributed by atoms with E-state index < -0.39 is 0 Å². The second-order valence-electron chi connectivity index (χ2n) is 5.77. The molecule has 1 amide bonds. The van der Waals surface area contributed by atoms with E-state index in [9.17, 15) is 4.79 Å². The highest BCUT2D eigenvalue weighted by Gasteiger charge is 2.26. The van der Waals surface area contributed by atoms with E-state index in [2.05, 4.69) is 19.2 Å². The second kappa shape index (κ2) is 8.90. The van der Waals surface area contributed by atoms with Crippen molar-refractivity contribution in [3.05, 3.63) is 29.8 Å². The first-order valence-electron chi connectivity index (χ1n) is 7.15. The van der Waals surface area contributed by atoms with Gasteiger partial charge in [-0.25, -0.2) is 0 Å². The van der Waals surface area contributed by atoms with Gasteiger partial charge in [0.1, 0.15) is 5.75 Å². The Balaban J connectivity index is 0.00000400. The van der Waals surface area contributed by atoms with E-state index in [1.807, 2.05) is 13.8 Å². The van der Waals surface area contributed by atoms with Gasteiger partial charge in [-0.05, 0) is 50.5 Å². The van der Waals surface area contributed by atoms with Crippen molar-refractivity contribution >= 4 is 18.3 Å². The molecule has 1 unspecified atom stereocenters. The number of benzene rings is 1.